The number of hydrogen-bond donors (Lipinski definition) is 0. The Bertz CT molecular complexity index is 385. The van der Waals surface area contributed by atoms with Crippen LogP contribution in [0, 0.1) is 0 Å². The summed E-state index contributed by atoms with van der Waals surface area (Å²) in [7, 11) is 0. The average Bonchev–Trinajstić information content (AvgIpc) is 2.65. The van der Waals surface area contributed by atoms with Crippen LogP contribution in [0.3, 0.4) is 0 Å². The molecule has 16 heavy (non-hydrogen) atoms. The minimum absolute atomic E-state index is 0.102. The summed E-state index contributed by atoms with van der Waals surface area (Å²) in [4.78, 5) is 13.9. The van der Waals surface area contributed by atoms with Crippen molar-refractivity contribution in [2.45, 2.75) is 32.5 Å². The van der Waals surface area contributed by atoms with E-state index in [1.807, 2.05) is 11.6 Å². The largest absolute Gasteiger partial charge is 0.374 e. The van der Waals surface area contributed by atoms with Gasteiger partial charge in [-0.05, 0) is 13.8 Å². The molecule has 0 saturated carbocycles. The van der Waals surface area contributed by atoms with Crippen LogP contribution in [0.2, 0.25) is 0 Å². The second-order valence-electron chi connectivity index (χ2n) is 4.40. The van der Waals surface area contributed by atoms with Gasteiger partial charge in [0.05, 0.1) is 19.3 Å². The Morgan fingerprint density at radius 1 is 1.62 bits per heavy atom. The Kier molecular flexibility index (Phi) is 3.78. The van der Waals surface area contributed by atoms with Gasteiger partial charge in [-0.3, -0.25) is 9.69 Å². The van der Waals surface area contributed by atoms with Gasteiger partial charge in [-0.25, -0.2) is 0 Å². The van der Waals surface area contributed by atoms with Crippen LogP contribution in [-0.2, 0) is 11.3 Å². The monoisotopic (exact) mass is 242 g/mol. The fourth-order valence-electron chi connectivity index (χ4n) is 1.97. The third-order valence-electron chi connectivity index (χ3n) is 2.94. The Labute approximate surface area is 99.4 Å². The second-order valence-corrected chi connectivity index (χ2v) is 5.26. The van der Waals surface area contributed by atoms with Gasteiger partial charge >= 0.3 is 4.87 Å². The summed E-state index contributed by atoms with van der Waals surface area (Å²) in [5.41, 5.74) is 0. The first kappa shape index (κ1) is 11.8. The molecule has 0 amide bonds. The zero-order valence-corrected chi connectivity index (χ0v) is 10.6. The second kappa shape index (κ2) is 5.12. The van der Waals surface area contributed by atoms with E-state index in [0.29, 0.717) is 12.6 Å². The number of morpholine rings is 1. The Balaban J connectivity index is 1.95. The Hall–Kier alpha value is -0.650. The van der Waals surface area contributed by atoms with E-state index in [4.69, 9.17) is 4.74 Å². The third kappa shape index (κ3) is 2.72. The lowest BCUT2D eigenvalue weighted by Gasteiger charge is -2.35. The highest BCUT2D eigenvalue weighted by Gasteiger charge is 2.22. The zero-order valence-electron chi connectivity index (χ0n) is 9.76. The molecule has 5 heteroatoms. The molecular formula is C11H18N2O2S. The Morgan fingerprint density at radius 2 is 2.44 bits per heavy atom. The van der Waals surface area contributed by atoms with Crippen molar-refractivity contribution in [3.8, 4) is 0 Å². The first-order valence-electron chi connectivity index (χ1n) is 5.66. The Morgan fingerprint density at radius 3 is 3.06 bits per heavy atom. The zero-order chi connectivity index (χ0) is 11.5. The molecule has 1 unspecified atom stereocenters. The quantitative estimate of drug-likeness (QED) is 0.793. The smallest absolute Gasteiger partial charge is 0.307 e. The molecule has 90 valence electrons. The average molecular weight is 242 g/mol. The van der Waals surface area contributed by atoms with Crippen LogP contribution in [-0.4, -0.2) is 41.3 Å². The van der Waals surface area contributed by atoms with E-state index in [0.717, 1.165) is 19.7 Å². The van der Waals surface area contributed by atoms with E-state index in [1.165, 1.54) is 11.3 Å². The molecule has 1 aromatic rings. The number of thiazole rings is 1. The predicted molar refractivity (Wildman–Crippen MR) is 65.0 cm³/mol. The SMILES string of the molecule is CC(C)N1CCOC(Cn2ccsc2=O)C1. The van der Waals surface area contributed by atoms with Gasteiger partial charge in [0.2, 0.25) is 0 Å². The number of aromatic nitrogens is 1. The first-order valence-corrected chi connectivity index (χ1v) is 6.54. The van der Waals surface area contributed by atoms with Gasteiger partial charge in [0.15, 0.2) is 0 Å². The summed E-state index contributed by atoms with van der Waals surface area (Å²) in [6.45, 7) is 7.73. The summed E-state index contributed by atoms with van der Waals surface area (Å²) in [5, 5.41) is 1.82. The fourth-order valence-corrected chi connectivity index (χ4v) is 2.56. The molecule has 1 fully saturated rings. The molecule has 2 heterocycles. The molecular weight excluding hydrogens is 224 g/mol. The summed E-state index contributed by atoms with van der Waals surface area (Å²) < 4.78 is 7.43. The third-order valence-corrected chi connectivity index (χ3v) is 3.64. The molecule has 0 radical (unpaired) electrons. The lowest BCUT2D eigenvalue weighted by molar-refractivity contribution is -0.0458. The van der Waals surface area contributed by atoms with Crippen molar-refractivity contribution in [1.29, 1.82) is 0 Å². The van der Waals surface area contributed by atoms with Crippen LogP contribution in [0.4, 0.5) is 0 Å². The molecule has 4 nitrogen and oxygen atoms in total. The van der Waals surface area contributed by atoms with Gasteiger partial charge < -0.3 is 9.30 Å². The number of rotatable bonds is 3. The molecule has 0 aromatic carbocycles. The predicted octanol–water partition coefficient (Wildman–Crippen LogP) is 1.02. The summed E-state index contributed by atoms with van der Waals surface area (Å²) in [6.07, 6.45) is 1.98. The van der Waals surface area contributed by atoms with E-state index in [1.54, 1.807) is 4.57 Å². The maximum absolute atomic E-state index is 11.4. The van der Waals surface area contributed by atoms with Crippen molar-refractivity contribution >= 4 is 11.3 Å². The lowest BCUT2D eigenvalue weighted by Crippen LogP contribution is -2.47. The van der Waals surface area contributed by atoms with E-state index in [-0.39, 0.29) is 11.0 Å². The fraction of sp³-hybridized carbons (Fsp3) is 0.727. The molecule has 1 atom stereocenters. The van der Waals surface area contributed by atoms with E-state index in [9.17, 15) is 4.79 Å². The normalized spacial score (nSPS) is 22.8. The molecule has 0 spiro atoms. The first-order chi connectivity index (χ1) is 7.66. The van der Waals surface area contributed by atoms with Gasteiger partial charge in [-0.15, -0.1) is 0 Å². The highest BCUT2D eigenvalue weighted by molar-refractivity contribution is 7.07. The standard InChI is InChI=1S/C11H18N2O2S/c1-9(2)12-3-5-15-10(7-12)8-13-4-6-16-11(13)14/h4,6,9-10H,3,5,7-8H2,1-2H3. The summed E-state index contributed by atoms with van der Waals surface area (Å²) >= 11 is 1.24. The van der Waals surface area contributed by atoms with Crippen molar-refractivity contribution in [3.05, 3.63) is 21.2 Å². The summed E-state index contributed by atoms with van der Waals surface area (Å²) in [5.74, 6) is 0. The molecule has 1 aromatic heterocycles. The highest BCUT2D eigenvalue weighted by atomic mass is 32.1. The van der Waals surface area contributed by atoms with Crippen molar-refractivity contribution in [3.63, 3.8) is 0 Å². The van der Waals surface area contributed by atoms with Crippen LogP contribution < -0.4 is 4.87 Å². The molecule has 1 aliphatic heterocycles. The van der Waals surface area contributed by atoms with Crippen LogP contribution in [0.25, 0.3) is 0 Å². The van der Waals surface area contributed by atoms with Crippen molar-refractivity contribution < 1.29 is 4.74 Å². The van der Waals surface area contributed by atoms with Crippen LogP contribution in [0.5, 0.6) is 0 Å². The summed E-state index contributed by atoms with van der Waals surface area (Å²) in [6, 6.07) is 0.547. The minimum atomic E-state index is 0.102. The minimum Gasteiger partial charge on any atom is -0.374 e. The van der Waals surface area contributed by atoms with Crippen LogP contribution in [0.1, 0.15) is 13.8 Å². The lowest BCUT2D eigenvalue weighted by atomic mass is 10.2. The van der Waals surface area contributed by atoms with Gasteiger partial charge in [-0.2, -0.15) is 0 Å². The van der Waals surface area contributed by atoms with E-state index in [2.05, 4.69) is 18.7 Å². The number of nitrogens with zero attached hydrogens (tertiary/aromatic N) is 2. The van der Waals surface area contributed by atoms with Crippen LogP contribution >= 0.6 is 11.3 Å². The highest BCUT2D eigenvalue weighted by Crippen LogP contribution is 2.10. The molecule has 0 bridgehead atoms. The van der Waals surface area contributed by atoms with Gasteiger partial charge in [-0.1, -0.05) is 11.3 Å². The van der Waals surface area contributed by atoms with Crippen LogP contribution in [0.15, 0.2) is 16.4 Å². The molecule has 1 aliphatic rings. The van der Waals surface area contributed by atoms with Crippen molar-refractivity contribution in [2.24, 2.45) is 0 Å². The van der Waals surface area contributed by atoms with Gasteiger partial charge in [0, 0.05) is 30.7 Å². The van der Waals surface area contributed by atoms with Crippen molar-refractivity contribution in [1.82, 2.24) is 9.47 Å². The van der Waals surface area contributed by atoms with E-state index >= 15 is 0 Å². The maximum Gasteiger partial charge on any atom is 0.307 e. The molecule has 1 saturated heterocycles. The number of ether oxygens (including phenoxy) is 1. The van der Waals surface area contributed by atoms with Crippen molar-refractivity contribution in [2.75, 3.05) is 19.7 Å². The maximum atomic E-state index is 11.4. The van der Waals surface area contributed by atoms with Gasteiger partial charge in [0.1, 0.15) is 0 Å². The molecule has 0 aliphatic carbocycles. The number of hydrogen-bond acceptors (Lipinski definition) is 4. The molecule has 2 rings (SSSR count). The van der Waals surface area contributed by atoms with E-state index < -0.39 is 0 Å². The van der Waals surface area contributed by atoms with Gasteiger partial charge in [0.25, 0.3) is 0 Å². The topological polar surface area (TPSA) is 34.5 Å². The molecule has 0 N–H and O–H groups in total.